The van der Waals surface area contributed by atoms with E-state index in [-0.39, 0.29) is 12.4 Å². The van der Waals surface area contributed by atoms with Crippen LogP contribution in [0.25, 0.3) is 0 Å². The van der Waals surface area contributed by atoms with Crippen molar-refractivity contribution < 1.29 is 14.3 Å². The minimum absolute atomic E-state index is 0.117. The fraction of sp³-hybridized carbons (Fsp3) is 0.500. The number of rotatable bonds is 6. The summed E-state index contributed by atoms with van der Waals surface area (Å²) in [7, 11) is 1.71. The van der Waals surface area contributed by atoms with Gasteiger partial charge in [0.05, 0.1) is 23.1 Å². The largest absolute Gasteiger partial charge is 0.462 e. The number of nitrogens with zero attached hydrogens (tertiary/aromatic N) is 4. The number of esters is 1. The molecule has 0 saturated heterocycles. The number of hydrogen-bond donors (Lipinski definition) is 1. The number of aromatic amines is 1. The number of thioether (sulfide) groups is 1. The third-order valence-electron chi connectivity index (χ3n) is 3.40. The fourth-order valence-corrected chi connectivity index (χ4v) is 3.06. The van der Waals surface area contributed by atoms with Crippen LogP contribution in [0.3, 0.4) is 0 Å². The Morgan fingerprint density at radius 2 is 2.09 bits per heavy atom. The maximum Gasteiger partial charge on any atom is 0.340 e. The van der Waals surface area contributed by atoms with Crippen molar-refractivity contribution in [3.63, 3.8) is 0 Å². The molecule has 2 heterocycles. The van der Waals surface area contributed by atoms with Gasteiger partial charge in [0.1, 0.15) is 0 Å². The Kier molecular flexibility index (Phi) is 5.19. The van der Waals surface area contributed by atoms with Gasteiger partial charge < -0.3 is 9.72 Å². The van der Waals surface area contributed by atoms with Crippen LogP contribution < -0.4 is 0 Å². The second kappa shape index (κ2) is 6.95. The average molecular weight is 337 g/mol. The third-order valence-corrected chi connectivity index (χ3v) is 4.52. The molecule has 2 aromatic rings. The average Bonchev–Trinajstić information content (AvgIpc) is 3.02. The molecule has 2 rings (SSSR count). The second-order valence-electron chi connectivity index (χ2n) is 5.05. The van der Waals surface area contributed by atoms with Crippen LogP contribution in [0.4, 0.5) is 0 Å². The van der Waals surface area contributed by atoms with Crippen LogP contribution in [0.5, 0.6) is 0 Å². The molecule has 0 radical (unpaired) electrons. The van der Waals surface area contributed by atoms with Crippen molar-refractivity contribution in [1.82, 2.24) is 25.2 Å². The predicted octanol–water partition coefficient (Wildman–Crippen LogP) is 1.70. The minimum Gasteiger partial charge on any atom is -0.462 e. The van der Waals surface area contributed by atoms with Crippen LogP contribution in [0, 0.1) is 13.8 Å². The van der Waals surface area contributed by atoms with Gasteiger partial charge in [0.25, 0.3) is 0 Å². The van der Waals surface area contributed by atoms with Gasteiger partial charge in [0.15, 0.2) is 5.78 Å². The van der Waals surface area contributed by atoms with Gasteiger partial charge in [-0.1, -0.05) is 11.8 Å². The SMILES string of the molecule is CCOC(=O)c1c(C)[nH]c(C(=O)[C@@H](C)Sc2nnnn2C)c1C. The zero-order chi connectivity index (χ0) is 17.1. The van der Waals surface area contributed by atoms with Crippen molar-refractivity contribution in [2.24, 2.45) is 7.05 Å². The zero-order valence-corrected chi connectivity index (χ0v) is 14.5. The number of aromatic nitrogens is 5. The molecule has 9 heteroatoms. The molecule has 1 atom stereocenters. The van der Waals surface area contributed by atoms with Crippen LogP contribution >= 0.6 is 11.8 Å². The van der Waals surface area contributed by atoms with Crippen molar-refractivity contribution in [1.29, 1.82) is 0 Å². The number of carbonyl (C=O) groups excluding carboxylic acids is 2. The third kappa shape index (κ3) is 3.44. The molecule has 0 aliphatic carbocycles. The van der Waals surface area contributed by atoms with E-state index < -0.39 is 11.2 Å². The molecule has 8 nitrogen and oxygen atoms in total. The molecule has 0 spiro atoms. The Labute approximate surface area is 138 Å². The molecule has 0 aliphatic heterocycles. The van der Waals surface area contributed by atoms with Crippen LogP contribution in [0.2, 0.25) is 0 Å². The summed E-state index contributed by atoms with van der Waals surface area (Å²) in [5.41, 5.74) is 2.07. The number of ether oxygens (including phenoxy) is 1. The van der Waals surface area contributed by atoms with Gasteiger partial charge in [0.2, 0.25) is 5.16 Å². The summed E-state index contributed by atoms with van der Waals surface area (Å²) in [5.74, 6) is -0.537. The first-order valence-corrected chi connectivity index (χ1v) is 8.04. The van der Waals surface area contributed by atoms with Gasteiger partial charge in [-0.25, -0.2) is 9.48 Å². The number of Topliss-reactive ketones (excluding diaryl/α,β-unsaturated/α-hetero) is 1. The highest BCUT2D eigenvalue weighted by Crippen LogP contribution is 2.26. The standard InChI is InChI=1S/C14H19N5O3S/c1-6-22-13(21)10-7(2)11(15-8(10)3)12(20)9(4)23-14-16-17-18-19(14)5/h9,15H,6H2,1-5H3/t9-/m1/s1. The summed E-state index contributed by atoms with van der Waals surface area (Å²) >= 11 is 1.26. The molecule has 124 valence electrons. The molecule has 0 amide bonds. The van der Waals surface area contributed by atoms with Gasteiger partial charge in [0, 0.05) is 12.7 Å². The number of ketones is 1. The molecule has 0 aliphatic rings. The molecule has 23 heavy (non-hydrogen) atoms. The van der Waals surface area contributed by atoms with E-state index in [0.29, 0.717) is 27.7 Å². The van der Waals surface area contributed by atoms with Crippen LogP contribution in [-0.2, 0) is 11.8 Å². The first-order chi connectivity index (χ1) is 10.9. The van der Waals surface area contributed by atoms with Crippen LogP contribution in [-0.4, -0.2) is 48.8 Å². The molecular weight excluding hydrogens is 318 g/mol. The lowest BCUT2D eigenvalue weighted by molar-refractivity contribution is 0.0525. The Balaban J connectivity index is 2.24. The normalized spacial score (nSPS) is 12.2. The summed E-state index contributed by atoms with van der Waals surface area (Å²) in [6.45, 7) is 7.30. The van der Waals surface area contributed by atoms with Crippen LogP contribution in [0.15, 0.2) is 5.16 Å². The van der Waals surface area contributed by atoms with E-state index in [4.69, 9.17) is 4.74 Å². The highest BCUT2D eigenvalue weighted by molar-refractivity contribution is 8.00. The molecular formula is C14H19N5O3S. The highest BCUT2D eigenvalue weighted by Gasteiger charge is 2.27. The Bertz CT molecular complexity index is 737. The van der Waals surface area contributed by atoms with E-state index in [1.165, 1.54) is 16.4 Å². The van der Waals surface area contributed by atoms with Crippen molar-refractivity contribution >= 4 is 23.5 Å². The Morgan fingerprint density at radius 1 is 1.39 bits per heavy atom. The van der Waals surface area contributed by atoms with E-state index in [0.717, 1.165) is 0 Å². The molecule has 0 unspecified atom stereocenters. The van der Waals surface area contributed by atoms with Gasteiger partial charge in [-0.05, 0) is 43.7 Å². The number of H-pyrrole nitrogens is 1. The second-order valence-corrected chi connectivity index (χ2v) is 6.36. The molecule has 0 bridgehead atoms. The number of carbonyl (C=O) groups is 2. The molecule has 1 N–H and O–H groups in total. The van der Waals surface area contributed by atoms with E-state index >= 15 is 0 Å². The number of aryl methyl sites for hydroxylation is 2. The quantitative estimate of drug-likeness (QED) is 0.486. The van der Waals surface area contributed by atoms with E-state index in [9.17, 15) is 9.59 Å². The zero-order valence-electron chi connectivity index (χ0n) is 13.7. The molecule has 2 aromatic heterocycles. The van der Waals surface area contributed by atoms with Crippen molar-refractivity contribution in [3.8, 4) is 0 Å². The van der Waals surface area contributed by atoms with Gasteiger partial charge in [-0.2, -0.15) is 0 Å². The minimum atomic E-state index is -0.421. The number of nitrogens with one attached hydrogen (secondary N) is 1. The first kappa shape index (κ1) is 17.2. The van der Waals surface area contributed by atoms with Crippen molar-refractivity contribution in [2.45, 2.75) is 38.1 Å². The maximum atomic E-state index is 12.7. The monoisotopic (exact) mass is 337 g/mol. The van der Waals surface area contributed by atoms with Gasteiger partial charge in [-0.3, -0.25) is 4.79 Å². The fourth-order valence-electron chi connectivity index (χ4n) is 2.24. The Morgan fingerprint density at radius 3 is 2.65 bits per heavy atom. The highest BCUT2D eigenvalue weighted by atomic mass is 32.2. The first-order valence-electron chi connectivity index (χ1n) is 7.16. The smallest absolute Gasteiger partial charge is 0.340 e. The van der Waals surface area contributed by atoms with E-state index in [2.05, 4.69) is 20.5 Å². The van der Waals surface area contributed by atoms with Crippen molar-refractivity contribution in [3.05, 3.63) is 22.5 Å². The van der Waals surface area contributed by atoms with E-state index in [1.807, 2.05) is 0 Å². The summed E-state index contributed by atoms with van der Waals surface area (Å²) in [4.78, 5) is 27.7. The summed E-state index contributed by atoms with van der Waals surface area (Å²) in [5, 5.41) is 11.3. The topological polar surface area (TPSA) is 103 Å². The summed E-state index contributed by atoms with van der Waals surface area (Å²) in [6, 6.07) is 0. The Hall–Kier alpha value is -2.16. The summed E-state index contributed by atoms with van der Waals surface area (Å²) < 4.78 is 6.54. The molecule has 0 aromatic carbocycles. The van der Waals surface area contributed by atoms with E-state index in [1.54, 1.807) is 34.7 Å². The van der Waals surface area contributed by atoms with Gasteiger partial charge in [-0.15, -0.1) is 5.10 Å². The number of tetrazole rings is 1. The lowest BCUT2D eigenvalue weighted by Crippen LogP contribution is -2.16. The summed E-state index contributed by atoms with van der Waals surface area (Å²) in [6.07, 6.45) is 0. The lowest BCUT2D eigenvalue weighted by Gasteiger charge is -2.08. The lowest BCUT2D eigenvalue weighted by atomic mass is 10.1. The van der Waals surface area contributed by atoms with Crippen molar-refractivity contribution in [2.75, 3.05) is 6.61 Å². The number of hydrogen-bond acceptors (Lipinski definition) is 7. The molecule has 0 saturated carbocycles. The predicted molar refractivity (Wildman–Crippen MR) is 84.7 cm³/mol. The van der Waals surface area contributed by atoms with Crippen LogP contribution in [0.1, 0.15) is 46.0 Å². The van der Waals surface area contributed by atoms with Gasteiger partial charge >= 0.3 is 5.97 Å². The molecule has 0 fully saturated rings. The maximum absolute atomic E-state index is 12.7.